The van der Waals surface area contributed by atoms with E-state index in [1.807, 2.05) is 17.5 Å². The third-order valence-electron chi connectivity index (χ3n) is 3.20. The second-order valence-electron chi connectivity index (χ2n) is 5.46. The van der Waals surface area contributed by atoms with E-state index in [4.69, 9.17) is 0 Å². The van der Waals surface area contributed by atoms with Crippen LogP contribution in [0.1, 0.15) is 49.4 Å². The lowest BCUT2D eigenvalue weighted by atomic mass is 10.2. The third-order valence-corrected chi connectivity index (χ3v) is 5.76. The summed E-state index contributed by atoms with van der Waals surface area (Å²) in [4.78, 5) is 5.91. The van der Waals surface area contributed by atoms with Crippen LogP contribution in [0.5, 0.6) is 0 Å². The molecule has 4 heteroatoms. The van der Waals surface area contributed by atoms with E-state index in [0.29, 0.717) is 0 Å². The fraction of sp³-hybridized carbons (Fsp3) is 0.786. The number of nitrogens with one attached hydrogen (secondary N) is 1. The van der Waals surface area contributed by atoms with Gasteiger partial charge in [-0.2, -0.15) is 11.8 Å². The lowest BCUT2D eigenvalue weighted by molar-refractivity contribution is 0.554. The van der Waals surface area contributed by atoms with Gasteiger partial charge >= 0.3 is 0 Å². The Hall–Kier alpha value is -0.0600. The Morgan fingerprint density at radius 1 is 1.44 bits per heavy atom. The molecule has 0 saturated heterocycles. The van der Waals surface area contributed by atoms with Crippen molar-refractivity contribution in [1.82, 2.24) is 10.3 Å². The molecule has 0 aromatic carbocycles. The van der Waals surface area contributed by atoms with E-state index >= 15 is 0 Å². The maximum absolute atomic E-state index is 4.53. The molecule has 1 heterocycles. The summed E-state index contributed by atoms with van der Waals surface area (Å²) in [6.07, 6.45) is 7.74. The van der Waals surface area contributed by atoms with Crippen molar-refractivity contribution in [3.63, 3.8) is 0 Å². The summed E-state index contributed by atoms with van der Waals surface area (Å²) >= 11 is 3.98. The molecule has 1 aliphatic rings. The van der Waals surface area contributed by atoms with Crippen LogP contribution in [0.3, 0.4) is 0 Å². The molecule has 2 rings (SSSR count). The van der Waals surface area contributed by atoms with Crippen molar-refractivity contribution >= 4 is 23.1 Å². The standard InChI is InChI=1S/C14H24N2S2/c1-11(2)7-15-8-13-9-16-14(18-13)10-17-12-5-3-4-6-12/h9,11-12,15H,3-8,10H2,1-2H3. The molecule has 0 unspecified atom stereocenters. The van der Waals surface area contributed by atoms with Gasteiger partial charge in [0.25, 0.3) is 0 Å². The predicted molar refractivity (Wildman–Crippen MR) is 82.2 cm³/mol. The minimum Gasteiger partial charge on any atom is -0.312 e. The summed E-state index contributed by atoms with van der Waals surface area (Å²) in [5.74, 6) is 1.83. The molecule has 0 radical (unpaired) electrons. The average Bonchev–Trinajstić information content (AvgIpc) is 2.96. The molecule has 0 bridgehead atoms. The van der Waals surface area contributed by atoms with Crippen LogP contribution in [-0.4, -0.2) is 16.8 Å². The highest BCUT2D eigenvalue weighted by atomic mass is 32.2. The minimum atomic E-state index is 0.718. The fourth-order valence-corrected chi connectivity index (χ4v) is 4.47. The monoisotopic (exact) mass is 284 g/mol. The Balaban J connectivity index is 1.68. The van der Waals surface area contributed by atoms with Crippen LogP contribution < -0.4 is 5.32 Å². The van der Waals surface area contributed by atoms with E-state index in [0.717, 1.165) is 30.0 Å². The number of hydrogen-bond donors (Lipinski definition) is 1. The SMILES string of the molecule is CC(C)CNCc1cnc(CSC2CCCC2)s1. The zero-order valence-electron chi connectivity index (χ0n) is 11.4. The average molecular weight is 284 g/mol. The summed E-state index contributed by atoms with van der Waals surface area (Å²) in [5, 5.41) is 5.67. The molecule has 1 aromatic rings. The molecule has 18 heavy (non-hydrogen) atoms. The summed E-state index contributed by atoms with van der Waals surface area (Å²) in [5.41, 5.74) is 0. The highest BCUT2D eigenvalue weighted by molar-refractivity contribution is 7.99. The van der Waals surface area contributed by atoms with E-state index in [2.05, 4.69) is 35.9 Å². The van der Waals surface area contributed by atoms with Crippen LogP contribution in [0.4, 0.5) is 0 Å². The largest absolute Gasteiger partial charge is 0.312 e. The maximum Gasteiger partial charge on any atom is 0.103 e. The van der Waals surface area contributed by atoms with Gasteiger partial charge in [-0.1, -0.05) is 26.7 Å². The Labute approximate surface area is 119 Å². The van der Waals surface area contributed by atoms with Crippen molar-refractivity contribution in [2.45, 2.75) is 57.1 Å². The van der Waals surface area contributed by atoms with Gasteiger partial charge < -0.3 is 5.32 Å². The van der Waals surface area contributed by atoms with E-state index in [9.17, 15) is 0 Å². The topological polar surface area (TPSA) is 24.9 Å². The normalized spacial score (nSPS) is 16.8. The molecule has 102 valence electrons. The zero-order chi connectivity index (χ0) is 12.8. The molecule has 1 fully saturated rings. The van der Waals surface area contributed by atoms with Crippen molar-refractivity contribution < 1.29 is 0 Å². The maximum atomic E-state index is 4.53. The Morgan fingerprint density at radius 2 is 2.22 bits per heavy atom. The van der Waals surface area contributed by atoms with E-state index in [1.165, 1.54) is 35.6 Å². The summed E-state index contributed by atoms with van der Waals surface area (Å²) in [6.45, 7) is 6.54. The van der Waals surface area contributed by atoms with Crippen LogP contribution >= 0.6 is 23.1 Å². The Bertz CT molecular complexity index is 343. The fourth-order valence-electron chi connectivity index (χ4n) is 2.22. The summed E-state index contributed by atoms with van der Waals surface area (Å²) in [7, 11) is 0. The van der Waals surface area contributed by atoms with E-state index in [1.54, 1.807) is 0 Å². The van der Waals surface area contributed by atoms with Crippen LogP contribution in [0, 0.1) is 5.92 Å². The molecular formula is C14H24N2S2. The highest BCUT2D eigenvalue weighted by Gasteiger charge is 2.15. The first kappa shape index (κ1) is 14.4. The predicted octanol–water partition coefficient (Wildman–Crippen LogP) is 4.06. The smallest absolute Gasteiger partial charge is 0.103 e. The molecule has 1 saturated carbocycles. The van der Waals surface area contributed by atoms with Gasteiger partial charge in [-0.15, -0.1) is 11.3 Å². The first-order chi connectivity index (χ1) is 8.74. The number of aromatic nitrogens is 1. The summed E-state index contributed by atoms with van der Waals surface area (Å²) in [6, 6.07) is 0. The van der Waals surface area contributed by atoms with Crippen molar-refractivity contribution in [2.24, 2.45) is 5.92 Å². The molecule has 1 aliphatic carbocycles. The second-order valence-corrected chi connectivity index (χ2v) is 7.95. The van der Waals surface area contributed by atoms with Gasteiger partial charge in [-0.3, -0.25) is 0 Å². The van der Waals surface area contributed by atoms with Crippen LogP contribution in [0.15, 0.2) is 6.20 Å². The number of rotatable bonds is 7. The summed E-state index contributed by atoms with van der Waals surface area (Å²) < 4.78 is 0. The van der Waals surface area contributed by atoms with Gasteiger partial charge in [0.1, 0.15) is 5.01 Å². The van der Waals surface area contributed by atoms with E-state index < -0.39 is 0 Å². The zero-order valence-corrected chi connectivity index (χ0v) is 13.1. The molecule has 0 amide bonds. The first-order valence-corrected chi connectivity index (χ1v) is 8.86. The van der Waals surface area contributed by atoms with Crippen molar-refractivity contribution in [3.05, 3.63) is 16.1 Å². The van der Waals surface area contributed by atoms with Crippen LogP contribution in [0.25, 0.3) is 0 Å². The molecule has 1 aromatic heterocycles. The van der Waals surface area contributed by atoms with Gasteiger partial charge in [0.15, 0.2) is 0 Å². The molecule has 1 N–H and O–H groups in total. The van der Waals surface area contributed by atoms with Crippen molar-refractivity contribution in [2.75, 3.05) is 6.54 Å². The van der Waals surface area contributed by atoms with Crippen molar-refractivity contribution in [3.8, 4) is 0 Å². The molecular weight excluding hydrogens is 260 g/mol. The number of thioether (sulfide) groups is 1. The number of thiazole rings is 1. The highest BCUT2D eigenvalue weighted by Crippen LogP contribution is 2.32. The van der Waals surface area contributed by atoms with Gasteiger partial charge in [0.2, 0.25) is 0 Å². The van der Waals surface area contributed by atoms with Gasteiger partial charge in [-0.25, -0.2) is 4.98 Å². The Morgan fingerprint density at radius 3 is 2.94 bits per heavy atom. The molecule has 2 nitrogen and oxygen atoms in total. The van der Waals surface area contributed by atoms with Gasteiger partial charge in [-0.05, 0) is 25.3 Å². The molecule has 0 aliphatic heterocycles. The quantitative estimate of drug-likeness (QED) is 0.817. The van der Waals surface area contributed by atoms with Gasteiger partial charge in [0.05, 0.1) is 0 Å². The van der Waals surface area contributed by atoms with E-state index in [-0.39, 0.29) is 0 Å². The minimum absolute atomic E-state index is 0.718. The van der Waals surface area contributed by atoms with Crippen molar-refractivity contribution in [1.29, 1.82) is 0 Å². The second kappa shape index (κ2) is 7.51. The number of hydrogen-bond acceptors (Lipinski definition) is 4. The Kier molecular flexibility index (Phi) is 5.99. The lowest BCUT2D eigenvalue weighted by Crippen LogP contribution is -2.18. The molecule has 0 spiro atoms. The van der Waals surface area contributed by atoms with Gasteiger partial charge in [0, 0.05) is 28.6 Å². The number of nitrogens with zero attached hydrogens (tertiary/aromatic N) is 1. The van der Waals surface area contributed by atoms with Crippen LogP contribution in [0.2, 0.25) is 0 Å². The third kappa shape index (κ3) is 4.90. The lowest BCUT2D eigenvalue weighted by Gasteiger charge is -2.06. The van der Waals surface area contributed by atoms with Crippen LogP contribution in [-0.2, 0) is 12.3 Å². The molecule has 0 atom stereocenters. The first-order valence-electron chi connectivity index (χ1n) is 7.00.